The number of rotatable bonds is 3. The Kier molecular flexibility index (Phi) is 5.47. The van der Waals surface area contributed by atoms with Gasteiger partial charge >= 0.3 is 0 Å². The zero-order chi connectivity index (χ0) is 14.7. The Bertz CT molecular complexity index is 450. The predicted molar refractivity (Wildman–Crippen MR) is 88.3 cm³/mol. The summed E-state index contributed by atoms with van der Waals surface area (Å²) in [6.45, 7) is 7.39. The first-order chi connectivity index (χ1) is 9.52. The molecule has 20 heavy (non-hydrogen) atoms. The highest BCUT2D eigenvalue weighted by Gasteiger charge is 2.24. The van der Waals surface area contributed by atoms with E-state index >= 15 is 0 Å². The number of likely N-dealkylation sites (N-methyl/N-ethyl adjacent to an activating group) is 1. The van der Waals surface area contributed by atoms with E-state index in [1.807, 2.05) is 13.0 Å². The summed E-state index contributed by atoms with van der Waals surface area (Å²) in [6, 6.07) is 6.77. The Labute approximate surface area is 130 Å². The monoisotopic (exact) mass is 340 g/mol. The molecule has 1 fully saturated rings. The van der Waals surface area contributed by atoms with Gasteiger partial charge in [-0.2, -0.15) is 0 Å². The normalized spacial score (nSPS) is 22.6. The topological polar surface area (TPSA) is 26.7 Å². The molecule has 0 radical (unpaired) electrons. The molecular weight excluding hydrogens is 316 g/mol. The molecule has 1 aromatic carbocycles. The van der Waals surface area contributed by atoms with Gasteiger partial charge in [0, 0.05) is 34.9 Å². The molecule has 2 rings (SSSR count). The van der Waals surface area contributed by atoms with E-state index in [-0.39, 0.29) is 0 Å². The summed E-state index contributed by atoms with van der Waals surface area (Å²) >= 11 is 3.51. The first kappa shape index (κ1) is 15.8. The summed E-state index contributed by atoms with van der Waals surface area (Å²) in [5, 5.41) is 10.1. The fraction of sp³-hybridized carbons (Fsp3) is 0.625. The average Bonchev–Trinajstić information content (AvgIpc) is 2.60. The molecule has 1 N–H and O–H groups in total. The van der Waals surface area contributed by atoms with Crippen molar-refractivity contribution in [1.29, 1.82) is 0 Å². The van der Waals surface area contributed by atoms with Crippen LogP contribution in [-0.2, 0) is 0 Å². The molecule has 0 amide bonds. The van der Waals surface area contributed by atoms with Crippen molar-refractivity contribution in [3.8, 4) is 0 Å². The van der Waals surface area contributed by atoms with Crippen molar-refractivity contribution >= 4 is 21.6 Å². The number of aliphatic hydroxyl groups is 1. The van der Waals surface area contributed by atoms with Crippen molar-refractivity contribution in [2.75, 3.05) is 31.6 Å². The molecule has 0 spiro atoms. The van der Waals surface area contributed by atoms with E-state index in [2.05, 4.69) is 51.8 Å². The minimum Gasteiger partial charge on any atom is -0.389 e. The number of aliphatic hydroxyl groups excluding tert-OH is 1. The standard InChI is InChI=1S/C16H25BrN2O/c1-4-14-11-18(3)8-5-9-19(14)16-7-6-13(17)10-15(16)12(2)20/h6-7,10,12,14,20H,4-5,8-9,11H2,1-3H3. The van der Waals surface area contributed by atoms with Gasteiger partial charge in [-0.3, -0.25) is 0 Å². The molecule has 2 unspecified atom stereocenters. The van der Waals surface area contributed by atoms with Crippen LogP contribution in [0.2, 0.25) is 0 Å². The lowest BCUT2D eigenvalue weighted by Crippen LogP contribution is -2.40. The van der Waals surface area contributed by atoms with Crippen LogP contribution in [0.3, 0.4) is 0 Å². The van der Waals surface area contributed by atoms with Crippen LogP contribution in [0.15, 0.2) is 22.7 Å². The Morgan fingerprint density at radius 2 is 2.15 bits per heavy atom. The number of anilines is 1. The maximum Gasteiger partial charge on any atom is 0.0782 e. The number of hydrogen-bond acceptors (Lipinski definition) is 3. The number of halogens is 1. The van der Waals surface area contributed by atoms with Crippen LogP contribution in [0.4, 0.5) is 5.69 Å². The van der Waals surface area contributed by atoms with Crippen LogP contribution in [-0.4, -0.2) is 42.7 Å². The molecule has 1 aromatic rings. The zero-order valence-electron chi connectivity index (χ0n) is 12.6. The van der Waals surface area contributed by atoms with Gasteiger partial charge in [0.1, 0.15) is 0 Å². The SMILES string of the molecule is CCC1CN(C)CCCN1c1ccc(Br)cc1C(C)O. The van der Waals surface area contributed by atoms with Crippen LogP contribution in [0.1, 0.15) is 38.4 Å². The molecule has 0 aromatic heterocycles. The fourth-order valence-corrected chi connectivity index (χ4v) is 3.41. The Hall–Kier alpha value is -0.580. The third-order valence-electron chi connectivity index (χ3n) is 4.12. The van der Waals surface area contributed by atoms with Gasteiger partial charge in [0.05, 0.1) is 6.10 Å². The number of hydrogen-bond donors (Lipinski definition) is 1. The minimum atomic E-state index is -0.444. The van der Waals surface area contributed by atoms with E-state index in [1.165, 1.54) is 12.1 Å². The molecule has 0 saturated carbocycles. The fourth-order valence-electron chi connectivity index (χ4n) is 3.03. The van der Waals surface area contributed by atoms with Crippen molar-refractivity contribution in [3.05, 3.63) is 28.2 Å². The second-order valence-corrected chi connectivity index (χ2v) is 6.67. The van der Waals surface area contributed by atoms with Gasteiger partial charge in [0.15, 0.2) is 0 Å². The van der Waals surface area contributed by atoms with Crippen LogP contribution in [0, 0.1) is 0 Å². The molecular formula is C16H25BrN2O. The summed E-state index contributed by atoms with van der Waals surface area (Å²) in [7, 11) is 2.20. The summed E-state index contributed by atoms with van der Waals surface area (Å²) in [5.41, 5.74) is 2.20. The lowest BCUT2D eigenvalue weighted by Gasteiger charge is -2.34. The van der Waals surface area contributed by atoms with Gasteiger partial charge in [-0.15, -0.1) is 0 Å². The molecule has 112 valence electrons. The highest BCUT2D eigenvalue weighted by Crippen LogP contribution is 2.32. The van der Waals surface area contributed by atoms with Gasteiger partial charge in [0.25, 0.3) is 0 Å². The van der Waals surface area contributed by atoms with Crippen LogP contribution >= 0.6 is 15.9 Å². The molecule has 1 saturated heterocycles. The first-order valence-corrected chi connectivity index (χ1v) is 8.25. The summed E-state index contributed by atoms with van der Waals surface area (Å²) in [6.07, 6.45) is 1.85. The summed E-state index contributed by atoms with van der Waals surface area (Å²) in [5.74, 6) is 0. The Morgan fingerprint density at radius 1 is 1.40 bits per heavy atom. The van der Waals surface area contributed by atoms with Crippen molar-refractivity contribution < 1.29 is 5.11 Å². The molecule has 0 aliphatic carbocycles. The number of benzene rings is 1. The molecule has 0 bridgehead atoms. The van der Waals surface area contributed by atoms with Crippen molar-refractivity contribution in [1.82, 2.24) is 4.90 Å². The lowest BCUT2D eigenvalue weighted by atomic mass is 10.0. The zero-order valence-corrected chi connectivity index (χ0v) is 14.2. The molecule has 1 heterocycles. The number of nitrogens with zero attached hydrogens (tertiary/aromatic N) is 2. The average molecular weight is 341 g/mol. The second kappa shape index (κ2) is 6.92. The van der Waals surface area contributed by atoms with E-state index in [1.54, 1.807) is 0 Å². The largest absolute Gasteiger partial charge is 0.389 e. The van der Waals surface area contributed by atoms with Crippen molar-refractivity contribution in [2.45, 2.75) is 38.8 Å². The molecule has 1 aliphatic rings. The van der Waals surface area contributed by atoms with Crippen molar-refractivity contribution in [2.24, 2.45) is 0 Å². The predicted octanol–water partition coefficient (Wildman–Crippen LogP) is 3.42. The quantitative estimate of drug-likeness (QED) is 0.913. The van der Waals surface area contributed by atoms with Gasteiger partial charge in [-0.25, -0.2) is 0 Å². The third-order valence-corrected chi connectivity index (χ3v) is 4.62. The molecule has 4 heteroatoms. The van der Waals surface area contributed by atoms with E-state index in [4.69, 9.17) is 0 Å². The van der Waals surface area contributed by atoms with E-state index in [0.29, 0.717) is 6.04 Å². The van der Waals surface area contributed by atoms with Crippen LogP contribution in [0.5, 0.6) is 0 Å². The van der Waals surface area contributed by atoms with Crippen molar-refractivity contribution in [3.63, 3.8) is 0 Å². The summed E-state index contributed by atoms with van der Waals surface area (Å²) < 4.78 is 1.03. The molecule has 2 atom stereocenters. The Balaban J connectivity index is 2.37. The lowest BCUT2D eigenvalue weighted by molar-refractivity contribution is 0.199. The Morgan fingerprint density at radius 3 is 2.80 bits per heavy atom. The van der Waals surface area contributed by atoms with E-state index in [0.717, 1.165) is 36.1 Å². The van der Waals surface area contributed by atoms with Gasteiger partial charge in [-0.1, -0.05) is 22.9 Å². The highest BCUT2D eigenvalue weighted by molar-refractivity contribution is 9.10. The van der Waals surface area contributed by atoms with E-state index in [9.17, 15) is 5.11 Å². The first-order valence-electron chi connectivity index (χ1n) is 7.45. The molecule has 3 nitrogen and oxygen atoms in total. The maximum absolute atomic E-state index is 10.1. The van der Waals surface area contributed by atoms with Gasteiger partial charge < -0.3 is 14.9 Å². The molecule has 1 aliphatic heterocycles. The van der Waals surface area contributed by atoms with Crippen LogP contribution in [0.25, 0.3) is 0 Å². The smallest absolute Gasteiger partial charge is 0.0782 e. The van der Waals surface area contributed by atoms with Gasteiger partial charge in [-0.05, 0) is 51.6 Å². The van der Waals surface area contributed by atoms with Gasteiger partial charge in [0.2, 0.25) is 0 Å². The van der Waals surface area contributed by atoms with Crippen LogP contribution < -0.4 is 4.90 Å². The summed E-state index contributed by atoms with van der Waals surface area (Å²) in [4.78, 5) is 4.90. The maximum atomic E-state index is 10.1. The minimum absolute atomic E-state index is 0.444. The highest BCUT2D eigenvalue weighted by atomic mass is 79.9. The third kappa shape index (κ3) is 3.54. The second-order valence-electron chi connectivity index (χ2n) is 5.75. The van der Waals surface area contributed by atoms with E-state index < -0.39 is 6.10 Å².